The first kappa shape index (κ1) is 26.8. The average Bonchev–Trinajstić information content (AvgIpc) is 2.88. The molecule has 0 heterocycles. The highest BCUT2D eigenvalue weighted by Crippen LogP contribution is 2.40. The van der Waals surface area contributed by atoms with Crippen LogP contribution in [0.5, 0.6) is 5.75 Å². The number of aryl methyl sites for hydroxylation is 2. The van der Waals surface area contributed by atoms with Gasteiger partial charge in [-0.1, -0.05) is 59.7 Å². The first-order chi connectivity index (χ1) is 18.1. The number of sulfonamides is 1. The van der Waals surface area contributed by atoms with Crippen LogP contribution in [0.15, 0.2) is 89.5 Å². The summed E-state index contributed by atoms with van der Waals surface area (Å²) in [7, 11) is -3.96. The second-order valence-corrected chi connectivity index (χ2v) is 10.7. The van der Waals surface area contributed by atoms with E-state index >= 15 is 0 Å². The molecule has 0 unspecified atom stereocenters. The van der Waals surface area contributed by atoms with Crippen LogP contribution >= 0.6 is 0 Å². The number of phenolic OH excluding ortho intramolecular Hbond substituents is 1. The minimum absolute atomic E-state index is 0.0893. The van der Waals surface area contributed by atoms with E-state index < -0.39 is 16.0 Å². The summed E-state index contributed by atoms with van der Waals surface area (Å²) >= 11 is 0. The van der Waals surface area contributed by atoms with Crippen LogP contribution in [0, 0.1) is 13.8 Å². The molecule has 7 nitrogen and oxygen atoms in total. The Morgan fingerprint density at radius 3 is 2.08 bits per heavy atom. The first-order valence-corrected chi connectivity index (χ1v) is 13.6. The number of allylic oxidation sites excluding steroid dienone is 1. The summed E-state index contributed by atoms with van der Waals surface area (Å²) in [5, 5.41) is 15.4. The van der Waals surface area contributed by atoms with Crippen molar-refractivity contribution >= 4 is 43.7 Å². The minimum atomic E-state index is -3.96. The highest BCUT2D eigenvalue weighted by molar-refractivity contribution is 7.92. The standard InChI is InChI=1S/C30H30N2O5S/c1-5-37-30(34)28(21(4)31-22-14-10-19(2)11-15-22)26-18-27(24-8-6-7-9-25(24)29(26)33)32-38(35,36)23-16-12-20(3)13-17-23/h6-18,31-33H,5H2,1-4H3. The third kappa shape index (κ3) is 5.65. The molecular weight excluding hydrogens is 500 g/mol. The maximum Gasteiger partial charge on any atom is 0.340 e. The Kier molecular flexibility index (Phi) is 7.73. The number of fused-ring (bicyclic) bond motifs is 1. The van der Waals surface area contributed by atoms with Gasteiger partial charge in [0.25, 0.3) is 10.0 Å². The highest BCUT2D eigenvalue weighted by atomic mass is 32.2. The van der Waals surface area contributed by atoms with Crippen LogP contribution < -0.4 is 10.0 Å². The van der Waals surface area contributed by atoms with E-state index in [0.717, 1.165) is 16.8 Å². The van der Waals surface area contributed by atoms with E-state index in [1.807, 2.05) is 38.1 Å². The van der Waals surface area contributed by atoms with Gasteiger partial charge in [0.15, 0.2) is 0 Å². The van der Waals surface area contributed by atoms with Crippen LogP contribution in [-0.2, 0) is 19.6 Å². The Morgan fingerprint density at radius 1 is 0.895 bits per heavy atom. The first-order valence-electron chi connectivity index (χ1n) is 12.2. The number of ether oxygens (including phenoxy) is 1. The normalized spacial score (nSPS) is 12.1. The van der Waals surface area contributed by atoms with Crippen LogP contribution in [0.2, 0.25) is 0 Å². The number of phenols is 1. The predicted octanol–water partition coefficient (Wildman–Crippen LogP) is 6.37. The topological polar surface area (TPSA) is 105 Å². The van der Waals surface area contributed by atoms with E-state index in [4.69, 9.17) is 4.74 Å². The van der Waals surface area contributed by atoms with Gasteiger partial charge in [-0.05, 0) is 58.0 Å². The minimum Gasteiger partial charge on any atom is -0.507 e. The molecule has 0 bridgehead atoms. The molecule has 0 saturated heterocycles. The molecule has 4 rings (SSSR count). The number of carbonyl (C=O) groups is 1. The molecule has 0 saturated carbocycles. The number of nitrogens with one attached hydrogen (secondary N) is 2. The quantitative estimate of drug-likeness (QED) is 0.139. The Labute approximate surface area is 222 Å². The van der Waals surface area contributed by atoms with Crippen molar-refractivity contribution < 1.29 is 23.1 Å². The van der Waals surface area contributed by atoms with Crippen molar-refractivity contribution in [3.8, 4) is 5.75 Å². The van der Waals surface area contributed by atoms with Crippen LogP contribution in [0.4, 0.5) is 11.4 Å². The second kappa shape index (κ2) is 11.0. The molecule has 8 heteroatoms. The molecule has 0 aliphatic heterocycles. The van der Waals surface area contributed by atoms with Gasteiger partial charge in [0.1, 0.15) is 5.75 Å². The van der Waals surface area contributed by atoms with Gasteiger partial charge >= 0.3 is 5.97 Å². The fraction of sp³-hybridized carbons (Fsp3) is 0.167. The van der Waals surface area contributed by atoms with Gasteiger partial charge in [-0.25, -0.2) is 13.2 Å². The molecule has 3 N–H and O–H groups in total. The fourth-order valence-corrected chi connectivity index (χ4v) is 5.21. The van der Waals surface area contributed by atoms with Crippen LogP contribution in [-0.4, -0.2) is 26.1 Å². The molecule has 0 amide bonds. The van der Waals surface area contributed by atoms with Crippen LogP contribution in [0.3, 0.4) is 0 Å². The number of anilines is 2. The molecule has 0 spiro atoms. The van der Waals surface area contributed by atoms with Crippen molar-refractivity contribution in [2.45, 2.75) is 32.6 Å². The van der Waals surface area contributed by atoms with Gasteiger partial charge in [-0.2, -0.15) is 0 Å². The summed E-state index contributed by atoms with van der Waals surface area (Å²) in [4.78, 5) is 13.3. The molecular formula is C30H30N2O5S. The molecule has 0 aliphatic carbocycles. The summed E-state index contributed by atoms with van der Waals surface area (Å²) < 4.78 is 34.5. The lowest BCUT2D eigenvalue weighted by Crippen LogP contribution is -2.15. The molecule has 196 valence electrons. The van der Waals surface area contributed by atoms with Gasteiger partial charge in [-0.3, -0.25) is 4.72 Å². The number of rotatable bonds is 8. The third-order valence-corrected chi connectivity index (χ3v) is 7.48. The Morgan fingerprint density at radius 2 is 1.47 bits per heavy atom. The Balaban J connectivity index is 1.90. The van der Waals surface area contributed by atoms with Crippen molar-refractivity contribution in [1.82, 2.24) is 0 Å². The molecule has 4 aromatic carbocycles. The Bertz CT molecular complexity index is 1620. The monoisotopic (exact) mass is 530 g/mol. The second-order valence-electron chi connectivity index (χ2n) is 9.00. The summed E-state index contributed by atoms with van der Waals surface area (Å²) in [5.41, 5.74) is 3.65. The van der Waals surface area contributed by atoms with Crippen molar-refractivity contribution in [3.63, 3.8) is 0 Å². The van der Waals surface area contributed by atoms with Gasteiger partial charge in [0.05, 0.1) is 22.8 Å². The van der Waals surface area contributed by atoms with E-state index in [1.165, 1.54) is 18.2 Å². The maximum absolute atomic E-state index is 13.3. The zero-order valence-electron chi connectivity index (χ0n) is 21.7. The smallest absolute Gasteiger partial charge is 0.340 e. The molecule has 0 fully saturated rings. The number of hydrogen-bond acceptors (Lipinski definition) is 6. The zero-order chi connectivity index (χ0) is 27.4. The molecule has 38 heavy (non-hydrogen) atoms. The predicted molar refractivity (Wildman–Crippen MR) is 152 cm³/mol. The fourth-order valence-electron chi connectivity index (χ4n) is 4.14. The number of aromatic hydroxyl groups is 1. The zero-order valence-corrected chi connectivity index (χ0v) is 22.5. The average molecular weight is 531 g/mol. The van der Waals surface area contributed by atoms with Gasteiger partial charge in [0.2, 0.25) is 0 Å². The van der Waals surface area contributed by atoms with Crippen molar-refractivity contribution in [2.24, 2.45) is 0 Å². The third-order valence-electron chi connectivity index (χ3n) is 6.10. The lowest BCUT2D eigenvalue weighted by Gasteiger charge is -2.19. The number of carbonyl (C=O) groups excluding carboxylic acids is 1. The maximum atomic E-state index is 13.3. The number of esters is 1. The van der Waals surface area contributed by atoms with Crippen LogP contribution in [0.1, 0.15) is 30.5 Å². The molecule has 0 radical (unpaired) electrons. The number of benzene rings is 4. The lowest BCUT2D eigenvalue weighted by molar-refractivity contribution is -0.136. The lowest BCUT2D eigenvalue weighted by atomic mass is 9.96. The van der Waals surface area contributed by atoms with Gasteiger partial charge in [-0.15, -0.1) is 0 Å². The summed E-state index contributed by atoms with van der Waals surface area (Å²) in [6, 6.07) is 22.4. The molecule has 0 aliphatic rings. The van der Waals surface area contributed by atoms with E-state index in [9.17, 15) is 18.3 Å². The van der Waals surface area contributed by atoms with E-state index in [-0.39, 0.29) is 34.1 Å². The molecule has 0 atom stereocenters. The summed E-state index contributed by atoms with van der Waals surface area (Å²) in [6.07, 6.45) is 0. The summed E-state index contributed by atoms with van der Waals surface area (Å²) in [5.74, 6) is -0.811. The van der Waals surface area contributed by atoms with E-state index in [0.29, 0.717) is 16.5 Å². The SMILES string of the molecule is CCOC(=O)C(=C(C)Nc1ccc(C)cc1)c1cc(NS(=O)(=O)c2ccc(C)cc2)c2ccccc2c1O. The van der Waals surface area contributed by atoms with Crippen molar-refractivity contribution in [2.75, 3.05) is 16.6 Å². The van der Waals surface area contributed by atoms with Gasteiger partial charge < -0.3 is 15.2 Å². The largest absolute Gasteiger partial charge is 0.507 e. The molecule has 4 aromatic rings. The van der Waals surface area contributed by atoms with Crippen molar-refractivity contribution in [1.29, 1.82) is 0 Å². The summed E-state index contributed by atoms with van der Waals surface area (Å²) in [6.45, 7) is 7.38. The highest BCUT2D eigenvalue weighted by Gasteiger charge is 2.25. The van der Waals surface area contributed by atoms with Crippen molar-refractivity contribution in [3.05, 3.63) is 101 Å². The number of hydrogen-bond donors (Lipinski definition) is 3. The van der Waals surface area contributed by atoms with E-state index in [1.54, 1.807) is 50.2 Å². The molecule has 0 aromatic heterocycles. The van der Waals surface area contributed by atoms with Crippen LogP contribution in [0.25, 0.3) is 16.3 Å². The van der Waals surface area contributed by atoms with Gasteiger partial charge in [0, 0.05) is 27.7 Å². The van der Waals surface area contributed by atoms with E-state index in [2.05, 4.69) is 10.0 Å². The Hall–Kier alpha value is -4.30.